The number of carbonyl (C=O) groups is 2. The fraction of sp³-hybridized carbons (Fsp3) is 0.118. The molecule has 0 bridgehead atoms. The summed E-state index contributed by atoms with van der Waals surface area (Å²) in [5.74, 6) is 0.870. The van der Waals surface area contributed by atoms with Gasteiger partial charge in [0.2, 0.25) is 5.91 Å². The summed E-state index contributed by atoms with van der Waals surface area (Å²) in [5.41, 5.74) is 4.75. The lowest BCUT2D eigenvalue weighted by Gasteiger charge is -2.11. The molecule has 0 fully saturated rings. The van der Waals surface area contributed by atoms with Crippen LogP contribution in [0, 0.1) is 6.92 Å². The molecule has 10 heteroatoms. The number of furan rings is 1. The third-order valence-electron chi connectivity index (χ3n) is 2.96. The number of nitrogens with one attached hydrogen (secondary N) is 3. The molecule has 0 unspecified atom stereocenters. The summed E-state index contributed by atoms with van der Waals surface area (Å²) in [6, 6.07) is 8.83. The molecule has 0 aliphatic carbocycles. The summed E-state index contributed by atoms with van der Waals surface area (Å²) in [6.45, 7) is 1.57. The first kappa shape index (κ1) is 21.1. The Morgan fingerprint density at radius 2 is 2.00 bits per heavy atom. The van der Waals surface area contributed by atoms with Gasteiger partial charge in [-0.25, -0.2) is 0 Å². The molecule has 1 heterocycles. The number of amides is 2. The second-order valence-corrected chi connectivity index (χ2v) is 7.31. The molecule has 0 aliphatic heterocycles. The van der Waals surface area contributed by atoms with Crippen LogP contribution in [0.5, 0.6) is 5.75 Å². The Hall–Kier alpha value is -2.17. The molecule has 142 valence electrons. The second-order valence-electron chi connectivity index (χ2n) is 5.14. The Balaban J connectivity index is 1.70. The van der Waals surface area contributed by atoms with Crippen LogP contribution in [0.4, 0.5) is 0 Å². The van der Waals surface area contributed by atoms with Gasteiger partial charge in [-0.2, -0.15) is 0 Å². The lowest BCUT2D eigenvalue weighted by Crippen LogP contribution is -2.49. The lowest BCUT2D eigenvalue weighted by molar-refractivity contribution is -0.123. The molecule has 2 aromatic rings. The molecule has 0 saturated heterocycles. The highest BCUT2D eigenvalue weighted by atomic mass is 79.9. The van der Waals surface area contributed by atoms with Crippen LogP contribution in [0.15, 0.2) is 49.8 Å². The summed E-state index contributed by atoms with van der Waals surface area (Å²) >= 11 is 11.6. The van der Waals surface area contributed by atoms with Gasteiger partial charge in [0, 0.05) is 10.5 Å². The molecule has 0 aliphatic rings. The van der Waals surface area contributed by atoms with E-state index in [0.717, 1.165) is 10.2 Å². The number of carbonyl (C=O) groups excluding carboxylic acids is 2. The maximum Gasteiger partial charge on any atom is 0.276 e. The average Bonchev–Trinajstić information content (AvgIpc) is 3.03. The number of ether oxygens (including phenoxy) is 1. The molecular weight excluding hydrogens is 502 g/mol. The van der Waals surface area contributed by atoms with Gasteiger partial charge in [-0.15, -0.1) is 0 Å². The fourth-order valence-electron chi connectivity index (χ4n) is 1.78. The molecule has 27 heavy (non-hydrogen) atoms. The number of hydrogen-bond acceptors (Lipinski definition) is 5. The first-order valence-electron chi connectivity index (χ1n) is 7.55. The number of hydrazine groups is 1. The van der Waals surface area contributed by atoms with Crippen LogP contribution < -0.4 is 20.9 Å². The van der Waals surface area contributed by atoms with Crippen molar-refractivity contribution >= 4 is 67.1 Å². The molecule has 1 aromatic heterocycles. The van der Waals surface area contributed by atoms with E-state index in [2.05, 4.69) is 48.0 Å². The number of aryl methyl sites for hydroxylation is 1. The molecule has 0 spiro atoms. The third-order valence-corrected chi connectivity index (χ3v) is 4.28. The summed E-state index contributed by atoms with van der Waals surface area (Å²) in [4.78, 5) is 23.5. The van der Waals surface area contributed by atoms with E-state index in [4.69, 9.17) is 21.4 Å². The van der Waals surface area contributed by atoms with Crippen LogP contribution >= 0.6 is 44.1 Å². The predicted octanol–water partition coefficient (Wildman–Crippen LogP) is 3.23. The maximum atomic E-state index is 11.8. The van der Waals surface area contributed by atoms with E-state index in [1.54, 1.807) is 37.3 Å². The van der Waals surface area contributed by atoms with Gasteiger partial charge in [0.05, 0.1) is 4.47 Å². The number of thiocarbonyl (C=S) groups is 1. The minimum atomic E-state index is -0.469. The Kier molecular flexibility index (Phi) is 8.01. The Morgan fingerprint density at radius 1 is 1.22 bits per heavy atom. The first-order valence-corrected chi connectivity index (χ1v) is 9.55. The van der Waals surface area contributed by atoms with Gasteiger partial charge in [-0.05, 0) is 71.5 Å². The monoisotopic (exact) mass is 515 g/mol. The molecule has 7 nitrogen and oxygen atoms in total. The SMILES string of the molecule is Cc1ccc(C=CC(=O)NC(=S)NNC(=O)COc2ccc(Br)cc2Br)o1. The molecule has 1 aromatic carbocycles. The highest BCUT2D eigenvalue weighted by Gasteiger charge is 2.07. The van der Waals surface area contributed by atoms with Crippen molar-refractivity contribution in [3.8, 4) is 5.75 Å². The fourth-order valence-corrected chi connectivity index (χ4v) is 3.10. The summed E-state index contributed by atoms with van der Waals surface area (Å²) < 4.78 is 12.3. The van der Waals surface area contributed by atoms with E-state index < -0.39 is 11.8 Å². The summed E-state index contributed by atoms with van der Waals surface area (Å²) in [7, 11) is 0. The lowest BCUT2D eigenvalue weighted by atomic mass is 10.3. The van der Waals surface area contributed by atoms with Crippen molar-refractivity contribution in [2.45, 2.75) is 6.92 Å². The van der Waals surface area contributed by atoms with Crippen LogP contribution in [0.2, 0.25) is 0 Å². The van der Waals surface area contributed by atoms with Crippen LogP contribution in [-0.2, 0) is 9.59 Å². The Bertz CT molecular complexity index is 883. The quantitative estimate of drug-likeness (QED) is 0.321. The molecule has 2 rings (SSSR count). The second kappa shape index (κ2) is 10.2. The van der Waals surface area contributed by atoms with Gasteiger partial charge in [0.25, 0.3) is 5.91 Å². The van der Waals surface area contributed by atoms with E-state index >= 15 is 0 Å². The van der Waals surface area contributed by atoms with Crippen molar-refractivity contribution in [3.63, 3.8) is 0 Å². The van der Waals surface area contributed by atoms with Crippen LogP contribution in [0.3, 0.4) is 0 Å². The number of halogens is 2. The van der Waals surface area contributed by atoms with Crippen molar-refractivity contribution in [2.24, 2.45) is 0 Å². The number of hydrogen-bond donors (Lipinski definition) is 3. The standard InChI is InChI=1S/C17H15Br2N3O4S/c1-10-2-4-12(26-10)5-7-15(23)20-17(27)22-21-16(24)9-25-14-6-3-11(18)8-13(14)19/h2-8H,9H2,1H3,(H,21,24)(H2,20,22,23,27). The third kappa shape index (κ3) is 7.53. The van der Waals surface area contributed by atoms with E-state index in [1.807, 2.05) is 0 Å². The van der Waals surface area contributed by atoms with Gasteiger partial charge < -0.3 is 9.15 Å². The highest BCUT2D eigenvalue weighted by Crippen LogP contribution is 2.27. The average molecular weight is 517 g/mol. The van der Waals surface area contributed by atoms with Gasteiger partial charge >= 0.3 is 0 Å². The van der Waals surface area contributed by atoms with Crippen molar-refractivity contribution in [1.82, 2.24) is 16.2 Å². The van der Waals surface area contributed by atoms with E-state index in [0.29, 0.717) is 16.0 Å². The van der Waals surface area contributed by atoms with Crippen molar-refractivity contribution in [1.29, 1.82) is 0 Å². The maximum absolute atomic E-state index is 11.8. The zero-order chi connectivity index (χ0) is 19.8. The van der Waals surface area contributed by atoms with E-state index in [9.17, 15) is 9.59 Å². The summed E-state index contributed by atoms with van der Waals surface area (Å²) in [6.07, 6.45) is 2.77. The van der Waals surface area contributed by atoms with Crippen LogP contribution in [0.25, 0.3) is 6.08 Å². The summed E-state index contributed by atoms with van der Waals surface area (Å²) in [5, 5.41) is 2.33. The van der Waals surface area contributed by atoms with Gasteiger partial charge in [-0.1, -0.05) is 15.9 Å². The highest BCUT2D eigenvalue weighted by molar-refractivity contribution is 9.11. The van der Waals surface area contributed by atoms with Gasteiger partial charge in [0.15, 0.2) is 11.7 Å². The van der Waals surface area contributed by atoms with Crippen molar-refractivity contribution in [3.05, 3.63) is 56.9 Å². The van der Waals surface area contributed by atoms with Gasteiger partial charge in [-0.3, -0.25) is 25.8 Å². The first-order chi connectivity index (χ1) is 12.8. The molecular formula is C17H15Br2N3O4S. The molecule has 0 saturated carbocycles. The van der Waals surface area contributed by atoms with E-state index in [1.165, 1.54) is 12.2 Å². The van der Waals surface area contributed by atoms with E-state index in [-0.39, 0.29) is 11.7 Å². The van der Waals surface area contributed by atoms with Crippen molar-refractivity contribution < 1.29 is 18.7 Å². The van der Waals surface area contributed by atoms with Crippen molar-refractivity contribution in [2.75, 3.05) is 6.61 Å². The predicted molar refractivity (Wildman–Crippen MR) is 112 cm³/mol. The zero-order valence-corrected chi connectivity index (χ0v) is 18.0. The van der Waals surface area contributed by atoms with Gasteiger partial charge in [0.1, 0.15) is 17.3 Å². The zero-order valence-electron chi connectivity index (χ0n) is 14.0. The molecule has 2 amide bonds. The van der Waals surface area contributed by atoms with Crippen LogP contribution in [0.1, 0.15) is 11.5 Å². The smallest absolute Gasteiger partial charge is 0.276 e. The topological polar surface area (TPSA) is 92.6 Å². The largest absolute Gasteiger partial charge is 0.483 e. The minimum Gasteiger partial charge on any atom is -0.483 e. The number of rotatable bonds is 5. The Morgan fingerprint density at radius 3 is 2.67 bits per heavy atom. The molecule has 3 N–H and O–H groups in total. The Labute approximate surface area is 177 Å². The number of benzene rings is 1. The minimum absolute atomic E-state index is 0.0570. The molecule has 0 radical (unpaired) electrons. The molecule has 0 atom stereocenters. The van der Waals surface area contributed by atoms with Crippen LogP contribution in [-0.4, -0.2) is 23.5 Å². The normalized spacial score (nSPS) is 10.5.